The predicted molar refractivity (Wildman–Crippen MR) is 87.9 cm³/mol. The second-order valence-corrected chi connectivity index (χ2v) is 6.25. The summed E-state index contributed by atoms with van der Waals surface area (Å²) in [5.74, 6) is 1.67. The van der Waals surface area contributed by atoms with Gasteiger partial charge in [-0.05, 0) is 31.6 Å². The van der Waals surface area contributed by atoms with E-state index >= 15 is 0 Å². The van der Waals surface area contributed by atoms with E-state index in [1.165, 1.54) is 17.8 Å². The second kappa shape index (κ2) is 9.00. The lowest BCUT2D eigenvalue weighted by Gasteiger charge is -2.11. The van der Waals surface area contributed by atoms with Crippen LogP contribution in [-0.2, 0) is 17.7 Å². The number of aryl methyl sites for hydroxylation is 1. The van der Waals surface area contributed by atoms with Crippen molar-refractivity contribution in [1.82, 2.24) is 15.6 Å². The van der Waals surface area contributed by atoms with E-state index in [1.54, 1.807) is 18.4 Å². The number of nitrogens with zero attached hydrogens (tertiary/aromatic N) is 2. The van der Waals surface area contributed by atoms with Crippen LogP contribution in [-0.4, -0.2) is 37.7 Å². The Morgan fingerprint density at radius 2 is 2.33 bits per heavy atom. The van der Waals surface area contributed by atoms with E-state index in [1.807, 2.05) is 0 Å². The van der Waals surface area contributed by atoms with Gasteiger partial charge in [0.15, 0.2) is 5.96 Å². The molecule has 2 N–H and O–H groups in total. The molecule has 1 aromatic heterocycles. The van der Waals surface area contributed by atoms with Crippen molar-refractivity contribution in [3.63, 3.8) is 0 Å². The summed E-state index contributed by atoms with van der Waals surface area (Å²) in [4.78, 5) is 8.75. The highest BCUT2D eigenvalue weighted by atomic mass is 32.1. The fraction of sp³-hybridized carbons (Fsp3) is 0.733. The first kappa shape index (κ1) is 16.2. The number of rotatable bonds is 9. The normalized spacial score (nSPS) is 15.2. The van der Waals surface area contributed by atoms with Crippen molar-refractivity contribution in [3.05, 3.63) is 16.1 Å². The lowest BCUT2D eigenvalue weighted by Crippen LogP contribution is -2.37. The topological polar surface area (TPSA) is 58.5 Å². The monoisotopic (exact) mass is 310 g/mol. The van der Waals surface area contributed by atoms with Crippen LogP contribution in [0.1, 0.15) is 36.9 Å². The quantitative estimate of drug-likeness (QED) is 0.417. The maximum atomic E-state index is 5.61. The predicted octanol–water partition coefficient (Wildman–Crippen LogP) is 2.19. The highest BCUT2D eigenvalue weighted by molar-refractivity contribution is 7.09. The fourth-order valence-corrected chi connectivity index (χ4v) is 2.65. The standard InChI is InChI=1S/C15H26N4OS/c1-3-14-19-13(11-21-14)9-18-15(16-2)17-7-4-8-20-10-12-5-6-12/h11-12H,3-10H2,1-2H3,(H2,16,17,18). The maximum absolute atomic E-state index is 5.61. The van der Waals surface area contributed by atoms with Crippen LogP contribution in [0.15, 0.2) is 10.4 Å². The van der Waals surface area contributed by atoms with Crippen molar-refractivity contribution in [2.24, 2.45) is 10.9 Å². The van der Waals surface area contributed by atoms with Gasteiger partial charge in [0.2, 0.25) is 0 Å². The van der Waals surface area contributed by atoms with Gasteiger partial charge in [-0.2, -0.15) is 0 Å². The van der Waals surface area contributed by atoms with Gasteiger partial charge in [-0.1, -0.05) is 6.92 Å². The maximum Gasteiger partial charge on any atom is 0.191 e. The van der Waals surface area contributed by atoms with E-state index in [0.29, 0.717) is 6.54 Å². The number of guanidine groups is 1. The third-order valence-corrected chi connectivity index (χ3v) is 4.41. The molecule has 1 heterocycles. The summed E-state index contributed by atoms with van der Waals surface area (Å²) in [6, 6.07) is 0. The third kappa shape index (κ3) is 6.44. The molecule has 2 rings (SSSR count). The summed E-state index contributed by atoms with van der Waals surface area (Å²) in [5.41, 5.74) is 1.08. The van der Waals surface area contributed by atoms with Gasteiger partial charge >= 0.3 is 0 Å². The molecule has 0 unspecified atom stereocenters. The van der Waals surface area contributed by atoms with E-state index in [4.69, 9.17) is 4.74 Å². The molecule has 21 heavy (non-hydrogen) atoms. The Hall–Kier alpha value is -1.14. The van der Waals surface area contributed by atoms with Crippen molar-refractivity contribution in [2.75, 3.05) is 26.8 Å². The van der Waals surface area contributed by atoms with Crippen LogP contribution in [0.5, 0.6) is 0 Å². The van der Waals surface area contributed by atoms with Crippen LogP contribution in [0.2, 0.25) is 0 Å². The van der Waals surface area contributed by atoms with Gasteiger partial charge < -0.3 is 15.4 Å². The van der Waals surface area contributed by atoms with Crippen molar-refractivity contribution < 1.29 is 4.74 Å². The van der Waals surface area contributed by atoms with Crippen LogP contribution >= 0.6 is 11.3 Å². The molecular weight excluding hydrogens is 284 g/mol. The summed E-state index contributed by atoms with van der Waals surface area (Å²) < 4.78 is 5.61. The Balaban J connectivity index is 1.54. The Morgan fingerprint density at radius 3 is 3.00 bits per heavy atom. The minimum Gasteiger partial charge on any atom is -0.381 e. The Kier molecular flexibility index (Phi) is 6.95. The third-order valence-electron chi connectivity index (χ3n) is 3.37. The van der Waals surface area contributed by atoms with Crippen LogP contribution in [0.25, 0.3) is 0 Å². The van der Waals surface area contributed by atoms with Crippen LogP contribution < -0.4 is 10.6 Å². The van der Waals surface area contributed by atoms with Crippen molar-refractivity contribution in [3.8, 4) is 0 Å². The molecule has 0 radical (unpaired) electrons. The minimum atomic E-state index is 0.717. The first-order chi connectivity index (χ1) is 10.3. The minimum absolute atomic E-state index is 0.717. The van der Waals surface area contributed by atoms with E-state index in [-0.39, 0.29) is 0 Å². The van der Waals surface area contributed by atoms with Crippen molar-refractivity contribution in [2.45, 2.75) is 39.2 Å². The number of hydrogen-bond donors (Lipinski definition) is 2. The van der Waals surface area contributed by atoms with E-state index in [9.17, 15) is 0 Å². The molecule has 0 amide bonds. The summed E-state index contributed by atoms with van der Waals surface area (Å²) in [6.07, 6.45) is 4.71. The number of nitrogens with one attached hydrogen (secondary N) is 2. The van der Waals surface area contributed by atoms with Crippen LogP contribution in [0, 0.1) is 5.92 Å². The summed E-state index contributed by atoms with van der Waals surface area (Å²) in [7, 11) is 1.79. The lowest BCUT2D eigenvalue weighted by atomic mass is 10.4. The smallest absolute Gasteiger partial charge is 0.191 e. The van der Waals surface area contributed by atoms with Gasteiger partial charge in [0, 0.05) is 32.2 Å². The average Bonchev–Trinajstić information content (AvgIpc) is 3.22. The molecular formula is C15H26N4OS. The van der Waals surface area contributed by atoms with E-state index in [2.05, 4.69) is 32.9 Å². The molecule has 118 valence electrons. The number of aromatic nitrogens is 1. The molecule has 0 atom stereocenters. The van der Waals surface area contributed by atoms with Crippen LogP contribution in [0.3, 0.4) is 0 Å². The fourth-order valence-electron chi connectivity index (χ4n) is 1.90. The van der Waals surface area contributed by atoms with Crippen molar-refractivity contribution >= 4 is 17.3 Å². The average molecular weight is 310 g/mol. The zero-order valence-electron chi connectivity index (χ0n) is 13.0. The summed E-state index contributed by atoms with van der Waals surface area (Å²) in [6.45, 7) is 5.49. The van der Waals surface area contributed by atoms with Gasteiger partial charge in [0.1, 0.15) is 0 Å². The number of ether oxygens (including phenoxy) is 1. The highest BCUT2D eigenvalue weighted by Gasteiger charge is 2.20. The molecule has 1 saturated carbocycles. The second-order valence-electron chi connectivity index (χ2n) is 5.31. The number of thiazole rings is 1. The molecule has 6 heteroatoms. The number of aliphatic imine (C=N–C) groups is 1. The van der Waals surface area contributed by atoms with Gasteiger partial charge in [-0.3, -0.25) is 4.99 Å². The molecule has 1 aromatic rings. The van der Waals surface area contributed by atoms with Crippen molar-refractivity contribution in [1.29, 1.82) is 0 Å². The zero-order valence-corrected chi connectivity index (χ0v) is 13.8. The van der Waals surface area contributed by atoms with Gasteiger partial charge in [0.25, 0.3) is 0 Å². The van der Waals surface area contributed by atoms with Gasteiger partial charge in [-0.15, -0.1) is 11.3 Å². The lowest BCUT2D eigenvalue weighted by molar-refractivity contribution is 0.123. The summed E-state index contributed by atoms with van der Waals surface area (Å²) in [5, 5.41) is 9.87. The van der Waals surface area contributed by atoms with E-state index < -0.39 is 0 Å². The first-order valence-electron chi connectivity index (χ1n) is 7.77. The van der Waals surface area contributed by atoms with Gasteiger partial charge in [-0.25, -0.2) is 4.98 Å². The molecule has 5 nitrogen and oxygen atoms in total. The molecule has 1 aliphatic carbocycles. The number of hydrogen-bond acceptors (Lipinski definition) is 4. The zero-order chi connectivity index (χ0) is 14.9. The van der Waals surface area contributed by atoms with Crippen LogP contribution in [0.4, 0.5) is 0 Å². The van der Waals surface area contributed by atoms with E-state index in [0.717, 1.165) is 50.2 Å². The molecule has 1 fully saturated rings. The Bertz CT molecular complexity index is 443. The Labute approximate surface area is 131 Å². The van der Waals surface area contributed by atoms with Gasteiger partial charge in [0.05, 0.1) is 17.2 Å². The molecule has 1 aliphatic rings. The molecule has 0 aliphatic heterocycles. The Morgan fingerprint density at radius 1 is 1.48 bits per heavy atom. The SMILES string of the molecule is CCc1nc(CNC(=NC)NCCCOCC2CC2)cs1. The first-order valence-corrected chi connectivity index (χ1v) is 8.65. The largest absolute Gasteiger partial charge is 0.381 e. The molecule has 0 saturated heterocycles. The molecule has 0 aromatic carbocycles. The molecule has 0 bridgehead atoms. The summed E-state index contributed by atoms with van der Waals surface area (Å²) >= 11 is 1.72. The molecule has 0 spiro atoms. The highest BCUT2D eigenvalue weighted by Crippen LogP contribution is 2.28.